The summed E-state index contributed by atoms with van der Waals surface area (Å²) in [7, 11) is 6.49. The zero-order valence-corrected chi connectivity index (χ0v) is 12.9. The third kappa shape index (κ3) is 9.57. The summed E-state index contributed by atoms with van der Waals surface area (Å²) in [5, 5.41) is 0. The molecule has 0 rings (SSSR count). The molecule has 0 aliphatic carbocycles. The van der Waals surface area contributed by atoms with Crippen LogP contribution in [0.1, 0.15) is 33.6 Å². The molecule has 17 heavy (non-hydrogen) atoms. The van der Waals surface area contributed by atoms with Crippen LogP contribution in [-0.4, -0.2) is 74.6 Å². The van der Waals surface area contributed by atoms with Gasteiger partial charge >= 0.3 is 0 Å². The Bertz CT molecular complexity index is 169. The molecule has 0 amide bonds. The molecule has 0 saturated heterocycles. The maximum atomic E-state index is 2.58. The topological polar surface area (TPSA) is 9.72 Å². The maximum Gasteiger partial charge on any atom is 0.0106 e. The van der Waals surface area contributed by atoms with Gasteiger partial charge in [0.25, 0.3) is 0 Å². The van der Waals surface area contributed by atoms with E-state index in [0.29, 0.717) is 6.04 Å². The molecule has 0 atom stereocenters. The van der Waals surface area contributed by atoms with Gasteiger partial charge in [-0.15, -0.1) is 0 Å². The van der Waals surface area contributed by atoms with Crippen LogP contribution in [0.4, 0.5) is 0 Å². The quantitative estimate of drug-likeness (QED) is 0.581. The van der Waals surface area contributed by atoms with Gasteiger partial charge in [0.1, 0.15) is 0 Å². The fraction of sp³-hybridized carbons (Fsp3) is 1.00. The predicted molar refractivity (Wildman–Crippen MR) is 77.7 cm³/mol. The second-order valence-corrected chi connectivity index (χ2v) is 5.59. The highest BCUT2D eigenvalue weighted by Gasteiger charge is 2.08. The van der Waals surface area contributed by atoms with Crippen LogP contribution in [0.2, 0.25) is 0 Å². The molecule has 0 aromatic heterocycles. The van der Waals surface area contributed by atoms with Crippen molar-refractivity contribution in [2.75, 3.05) is 53.9 Å². The van der Waals surface area contributed by atoms with E-state index >= 15 is 0 Å². The average Bonchev–Trinajstić information content (AvgIpc) is 2.25. The lowest BCUT2D eigenvalue weighted by Gasteiger charge is -2.27. The SMILES string of the molecule is CCCN(CCCN(C)CCN(C)C)C(C)C. The average molecular weight is 243 g/mol. The molecule has 0 aliphatic heterocycles. The third-order valence-corrected chi connectivity index (χ3v) is 3.16. The van der Waals surface area contributed by atoms with Gasteiger partial charge in [-0.3, -0.25) is 0 Å². The van der Waals surface area contributed by atoms with Gasteiger partial charge in [-0.1, -0.05) is 6.92 Å². The molecule has 3 heteroatoms. The smallest absolute Gasteiger partial charge is 0.0106 e. The van der Waals surface area contributed by atoms with Gasteiger partial charge < -0.3 is 14.7 Å². The largest absolute Gasteiger partial charge is 0.308 e. The lowest BCUT2D eigenvalue weighted by molar-refractivity contribution is 0.201. The second-order valence-electron chi connectivity index (χ2n) is 5.59. The molecule has 0 aromatic carbocycles. The Morgan fingerprint density at radius 2 is 1.47 bits per heavy atom. The lowest BCUT2D eigenvalue weighted by Crippen LogP contribution is -2.35. The van der Waals surface area contributed by atoms with Crippen LogP contribution >= 0.6 is 0 Å². The van der Waals surface area contributed by atoms with Crippen molar-refractivity contribution in [1.29, 1.82) is 0 Å². The van der Waals surface area contributed by atoms with Gasteiger partial charge in [-0.25, -0.2) is 0 Å². The Morgan fingerprint density at radius 1 is 0.824 bits per heavy atom. The zero-order chi connectivity index (χ0) is 13.3. The van der Waals surface area contributed by atoms with Gasteiger partial charge in [0.2, 0.25) is 0 Å². The van der Waals surface area contributed by atoms with Crippen molar-refractivity contribution in [2.45, 2.75) is 39.7 Å². The number of likely N-dealkylation sites (N-methyl/N-ethyl adjacent to an activating group) is 2. The van der Waals surface area contributed by atoms with Gasteiger partial charge in [-0.2, -0.15) is 0 Å². The van der Waals surface area contributed by atoms with Crippen LogP contribution in [-0.2, 0) is 0 Å². The number of hydrogen-bond donors (Lipinski definition) is 0. The Morgan fingerprint density at radius 3 is 1.94 bits per heavy atom. The van der Waals surface area contributed by atoms with Crippen molar-refractivity contribution in [1.82, 2.24) is 14.7 Å². The van der Waals surface area contributed by atoms with Crippen LogP contribution in [0.25, 0.3) is 0 Å². The van der Waals surface area contributed by atoms with Gasteiger partial charge in [-0.05, 0) is 67.5 Å². The fourth-order valence-electron chi connectivity index (χ4n) is 1.94. The minimum absolute atomic E-state index is 0.682. The molecule has 0 spiro atoms. The fourth-order valence-corrected chi connectivity index (χ4v) is 1.94. The summed E-state index contributed by atoms with van der Waals surface area (Å²) < 4.78 is 0. The molecule has 0 bridgehead atoms. The van der Waals surface area contributed by atoms with Crippen molar-refractivity contribution in [2.24, 2.45) is 0 Å². The molecule has 0 fully saturated rings. The highest BCUT2D eigenvalue weighted by atomic mass is 15.2. The van der Waals surface area contributed by atoms with Crippen molar-refractivity contribution < 1.29 is 0 Å². The van der Waals surface area contributed by atoms with E-state index in [-0.39, 0.29) is 0 Å². The highest BCUT2D eigenvalue weighted by Crippen LogP contribution is 2.01. The number of rotatable bonds is 10. The normalized spacial score (nSPS) is 12.4. The van der Waals surface area contributed by atoms with E-state index in [0.717, 1.165) is 6.54 Å². The highest BCUT2D eigenvalue weighted by molar-refractivity contribution is 4.63. The van der Waals surface area contributed by atoms with Crippen LogP contribution in [0.3, 0.4) is 0 Å². The van der Waals surface area contributed by atoms with Crippen molar-refractivity contribution in [3.63, 3.8) is 0 Å². The van der Waals surface area contributed by atoms with Gasteiger partial charge in [0, 0.05) is 19.1 Å². The molecule has 0 aliphatic rings. The summed E-state index contributed by atoms with van der Waals surface area (Å²) in [6.07, 6.45) is 2.54. The molecule has 0 aromatic rings. The number of nitrogens with zero attached hydrogens (tertiary/aromatic N) is 3. The van der Waals surface area contributed by atoms with Gasteiger partial charge in [0.05, 0.1) is 0 Å². The molecular weight excluding hydrogens is 210 g/mol. The Kier molecular flexibility index (Phi) is 9.79. The van der Waals surface area contributed by atoms with Gasteiger partial charge in [0.15, 0.2) is 0 Å². The molecule has 104 valence electrons. The maximum absolute atomic E-state index is 2.58. The molecular formula is C14H33N3. The van der Waals surface area contributed by atoms with E-state index in [4.69, 9.17) is 0 Å². The summed E-state index contributed by atoms with van der Waals surface area (Å²) in [6.45, 7) is 12.9. The summed E-state index contributed by atoms with van der Waals surface area (Å²) in [6, 6.07) is 0.682. The van der Waals surface area contributed by atoms with E-state index < -0.39 is 0 Å². The summed E-state index contributed by atoms with van der Waals surface area (Å²) in [5.41, 5.74) is 0. The Labute approximate surface area is 109 Å². The first-order valence-electron chi connectivity index (χ1n) is 7.04. The van der Waals surface area contributed by atoms with Crippen LogP contribution in [0, 0.1) is 0 Å². The predicted octanol–water partition coefficient (Wildman–Crippen LogP) is 1.99. The molecule has 0 saturated carbocycles. The first kappa shape index (κ1) is 16.9. The first-order valence-corrected chi connectivity index (χ1v) is 7.04. The molecule has 0 unspecified atom stereocenters. The van der Waals surface area contributed by atoms with Crippen molar-refractivity contribution in [3.05, 3.63) is 0 Å². The zero-order valence-electron chi connectivity index (χ0n) is 12.9. The van der Waals surface area contributed by atoms with Crippen LogP contribution in [0.15, 0.2) is 0 Å². The Balaban J connectivity index is 3.65. The summed E-state index contributed by atoms with van der Waals surface area (Å²) in [5.74, 6) is 0. The monoisotopic (exact) mass is 243 g/mol. The van der Waals surface area contributed by atoms with Crippen molar-refractivity contribution >= 4 is 0 Å². The molecule has 3 nitrogen and oxygen atoms in total. The molecule has 0 N–H and O–H groups in total. The van der Waals surface area contributed by atoms with Crippen LogP contribution in [0.5, 0.6) is 0 Å². The second kappa shape index (κ2) is 9.86. The van der Waals surface area contributed by atoms with Crippen molar-refractivity contribution in [3.8, 4) is 0 Å². The van der Waals surface area contributed by atoms with E-state index in [1.165, 1.54) is 39.0 Å². The van der Waals surface area contributed by atoms with Crippen LogP contribution < -0.4 is 0 Å². The van der Waals surface area contributed by atoms with E-state index in [1.807, 2.05) is 0 Å². The number of hydrogen-bond acceptors (Lipinski definition) is 3. The standard InChI is InChI=1S/C14H33N3/c1-7-9-17(14(2)3)11-8-10-16(6)13-12-15(4)5/h14H,7-13H2,1-6H3. The lowest BCUT2D eigenvalue weighted by atomic mass is 10.2. The van der Waals surface area contributed by atoms with E-state index in [1.54, 1.807) is 0 Å². The molecule has 0 heterocycles. The Hall–Kier alpha value is -0.120. The summed E-state index contributed by atoms with van der Waals surface area (Å²) >= 11 is 0. The minimum atomic E-state index is 0.682. The minimum Gasteiger partial charge on any atom is -0.308 e. The van der Waals surface area contributed by atoms with E-state index in [2.05, 4.69) is 56.6 Å². The third-order valence-electron chi connectivity index (χ3n) is 3.16. The molecule has 0 radical (unpaired) electrons. The summed E-state index contributed by atoms with van der Waals surface area (Å²) in [4.78, 5) is 7.26. The first-order chi connectivity index (χ1) is 7.97. The van der Waals surface area contributed by atoms with E-state index in [9.17, 15) is 0 Å².